The van der Waals surface area contributed by atoms with E-state index in [9.17, 15) is 0 Å². The van der Waals surface area contributed by atoms with Gasteiger partial charge in [-0.15, -0.1) is 11.3 Å². The van der Waals surface area contributed by atoms with Crippen molar-refractivity contribution >= 4 is 93.2 Å². The Hall–Kier alpha value is -5.69. The number of fused-ring (bicyclic) bond motifs is 11. The van der Waals surface area contributed by atoms with E-state index in [1.54, 1.807) is 11.8 Å². The first-order valence-corrected chi connectivity index (χ1v) is 17.8. The molecule has 0 radical (unpaired) electrons. The molecule has 1 aliphatic rings. The fraction of sp³-hybridized carbons (Fsp3) is 0. The summed E-state index contributed by atoms with van der Waals surface area (Å²) in [5.74, 6) is 0.697. The molecule has 0 spiro atoms. The summed E-state index contributed by atoms with van der Waals surface area (Å²) in [6.45, 7) is 0. The second kappa shape index (κ2) is 9.01. The second-order valence-electron chi connectivity index (χ2n) is 12.6. The van der Waals surface area contributed by atoms with Crippen LogP contribution < -0.4 is 0 Å². The molecule has 0 atom stereocenters. The van der Waals surface area contributed by atoms with Crippen LogP contribution in [0, 0.1) is 0 Å². The fourth-order valence-electron chi connectivity index (χ4n) is 8.12. The highest BCUT2D eigenvalue weighted by Crippen LogP contribution is 2.48. The number of rotatable bonds is 2. The zero-order chi connectivity index (χ0) is 31.1. The molecule has 0 fully saturated rings. The van der Waals surface area contributed by atoms with E-state index in [1.807, 2.05) is 11.3 Å². The lowest BCUT2D eigenvalue weighted by molar-refractivity contribution is 1.01. The van der Waals surface area contributed by atoms with Gasteiger partial charge in [-0.2, -0.15) is 0 Å². The van der Waals surface area contributed by atoms with E-state index >= 15 is 0 Å². The summed E-state index contributed by atoms with van der Waals surface area (Å²) in [6, 6.07) is 46.3. The van der Waals surface area contributed by atoms with Crippen LogP contribution in [0.2, 0.25) is 0 Å². The zero-order valence-corrected chi connectivity index (χ0v) is 26.9. The molecule has 0 bridgehead atoms. The minimum Gasteiger partial charge on any atom is -0.307 e. The number of aromatic nitrogens is 4. The highest BCUT2D eigenvalue weighted by Gasteiger charge is 2.24. The van der Waals surface area contributed by atoms with E-state index in [0.717, 1.165) is 33.2 Å². The fourth-order valence-corrected chi connectivity index (χ4v) is 10.1. The highest BCUT2D eigenvalue weighted by molar-refractivity contribution is 7.99. The van der Waals surface area contributed by atoms with E-state index in [2.05, 4.69) is 142 Å². The predicted molar refractivity (Wildman–Crippen MR) is 201 cm³/mol. The van der Waals surface area contributed by atoms with Crippen LogP contribution in [0.4, 0.5) is 0 Å². The smallest absolute Gasteiger partial charge is 0.235 e. The lowest BCUT2D eigenvalue weighted by Gasteiger charge is -2.20. The minimum atomic E-state index is 0.697. The Morgan fingerprint density at radius 1 is 0.521 bits per heavy atom. The first-order valence-electron chi connectivity index (χ1n) is 16.1. The Labute approximate surface area is 281 Å². The van der Waals surface area contributed by atoms with Crippen LogP contribution in [0.1, 0.15) is 0 Å². The van der Waals surface area contributed by atoms with Crippen molar-refractivity contribution in [2.75, 3.05) is 0 Å². The molecule has 0 saturated heterocycles. The van der Waals surface area contributed by atoms with Gasteiger partial charge in [0.1, 0.15) is 0 Å². The topological polar surface area (TPSA) is 35.1 Å². The Bertz CT molecular complexity index is 3160. The van der Waals surface area contributed by atoms with Crippen LogP contribution >= 0.6 is 23.1 Å². The molecule has 11 aromatic rings. The Kier molecular flexibility index (Phi) is 4.77. The zero-order valence-electron chi connectivity index (χ0n) is 25.3. The van der Waals surface area contributed by atoms with Gasteiger partial charge in [-0.1, -0.05) is 78.5 Å². The van der Waals surface area contributed by atoms with Crippen LogP contribution in [-0.4, -0.2) is 18.9 Å². The van der Waals surface area contributed by atoms with Crippen molar-refractivity contribution in [3.8, 4) is 28.3 Å². The quantitative estimate of drug-likeness (QED) is 0.187. The summed E-state index contributed by atoms with van der Waals surface area (Å²) in [5.41, 5.74) is 11.6. The lowest BCUT2D eigenvalue weighted by Crippen LogP contribution is -2.05. The van der Waals surface area contributed by atoms with Gasteiger partial charge >= 0.3 is 0 Å². The Morgan fingerprint density at radius 2 is 1.27 bits per heavy atom. The normalized spacial score (nSPS) is 12.9. The number of benzene rings is 6. The first-order chi connectivity index (χ1) is 23.8. The SMILES string of the molecule is c1ccc2c(c1)Sc1cccc3nc(-n4c5ccccc5c5cc(-c6cc7c8ccccc8n8c9ccsc9c(c6)c78)ccc54)nc-2c13. The summed E-state index contributed by atoms with van der Waals surface area (Å²) in [4.78, 5) is 13.0. The van der Waals surface area contributed by atoms with Gasteiger partial charge in [0, 0.05) is 47.7 Å². The molecule has 5 aromatic heterocycles. The third-order valence-electron chi connectivity index (χ3n) is 10.1. The largest absolute Gasteiger partial charge is 0.307 e. The van der Waals surface area contributed by atoms with Crippen LogP contribution in [-0.2, 0) is 0 Å². The van der Waals surface area contributed by atoms with E-state index in [0.29, 0.717) is 5.95 Å². The summed E-state index contributed by atoms with van der Waals surface area (Å²) in [7, 11) is 0. The van der Waals surface area contributed by atoms with Gasteiger partial charge in [-0.05, 0) is 77.2 Å². The van der Waals surface area contributed by atoms with Crippen molar-refractivity contribution < 1.29 is 0 Å². The Balaban J connectivity index is 1.13. The van der Waals surface area contributed by atoms with Crippen molar-refractivity contribution in [2.45, 2.75) is 9.79 Å². The van der Waals surface area contributed by atoms with Gasteiger partial charge in [0.15, 0.2) is 0 Å². The molecule has 0 saturated carbocycles. The van der Waals surface area contributed by atoms with Gasteiger partial charge in [0.2, 0.25) is 5.95 Å². The van der Waals surface area contributed by atoms with Crippen LogP contribution in [0.25, 0.3) is 98.5 Å². The van der Waals surface area contributed by atoms with E-state index in [-0.39, 0.29) is 0 Å². The van der Waals surface area contributed by atoms with Crippen LogP contribution in [0.5, 0.6) is 0 Å². The minimum absolute atomic E-state index is 0.697. The summed E-state index contributed by atoms with van der Waals surface area (Å²) < 4.78 is 6.04. The number of nitrogens with zero attached hydrogens (tertiary/aromatic N) is 4. The van der Waals surface area contributed by atoms with Crippen molar-refractivity contribution in [1.82, 2.24) is 18.9 Å². The molecule has 222 valence electrons. The molecule has 4 nitrogen and oxygen atoms in total. The van der Waals surface area contributed by atoms with E-state index in [1.165, 1.54) is 69.1 Å². The number of para-hydroxylation sites is 2. The number of hydrogen-bond donors (Lipinski definition) is 0. The molecule has 12 rings (SSSR count). The summed E-state index contributed by atoms with van der Waals surface area (Å²) in [6.07, 6.45) is 0. The average molecular weight is 647 g/mol. The van der Waals surface area contributed by atoms with Crippen LogP contribution in [0.3, 0.4) is 0 Å². The maximum Gasteiger partial charge on any atom is 0.235 e. The standard InChI is InChI=1S/C42H22N4S2/c1-5-13-33-25(8-1)28-20-23(24-21-29-26-9-2-4-12-32(26)45-35-18-19-47-41(35)30(22-24)40(29)45)16-17-34(28)46(33)42-43-31-11-7-15-37-38(31)39(44-42)27-10-3-6-14-36(27)48-37/h1-22H. The highest BCUT2D eigenvalue weighted by atomic mass is 32.2. The van der Waals surface area contributed by atoms with Crippen LogP contribution in [0.15, 0.2) is 143 Å². The summed E-state index contributed by atoms with van der Waals surface area (Å²) >= 11 is 3.63. The third kappa shape index (κ3) is 3.16. The maximum absolute atomic E-state index is 5.34. The molecule has 6 heteroatoms. The summed E-state index contributed by atoms with van der Waals surface area (Å²) in [5, 5.41) is 9.66. The molecule has 0 amide bonds. The average Bonchev–Trinajstić information content (AvgIpc) is 3.89. The van der Waals surface area contributed by atoms with E-state index in [4.69, 9.17) is 9.97 Å². The molecule has 1 aliphatic heterocycles. The molecule has 6 heterocycles. The van der Waals surface area contributed by atoms with Gasteiger partial charge < -0.3 is 4.40 Å². The molecular formula is C42H22N4S2. The molecule has 48 heavy (non-hydrogen) atoms. The van der Waals surface area contributed by atoms with Gasteiger partial charge in [-0.3, -0.25) is 4.57 Å². The number of thiophene rings is 1. The van der Waals surface area contributed by atoms with Crippen molar-refractivity contribution in [3.05, 3.63) is 133 Å². The molecule has 0 unspecified atom stereocenters. The van der Waals surface area contributed by atoms with Crippen molar-refractivity contribution in [3.63, 3.8) is 0 Å². The molecule has 6 aromatic carbocycles. The number of hydrogen-bond acceptors (Lipinski definition) is 4. The Morgan fingerprint density at radius 3 is 2.21 bits per heavy atom. The molecule has 0 aliphatic carbocycles. The molecular weight excluding hydrogens is 625 g/mol. The third-order valence-corrected chi connectivity index (χ3v) is 12.2. The predicted octanol–water partition coefficient (Wildman–Crippen LogP) is 11.7. The second-order valence-corrected chi connectivity index (χ2v) is 14.6. The lowest BCUT2D eigenvalue weighted by atomic mass is 9.99. The van der Waals surface area contributed by atoms with Crippen molar-refractivity contribution in [1.29, 1.82) is 0 Å². The monoisotopic (exact) mass is 646 g/mol. The first kappa shape index (κ1) is 25.4. The maximum atomic E-state index is 5.34. The van der Waals surface area contributed by atoms with Gasteiger partial charge in [0.05, 0.1) is 43.5 Å². The molecule has 0 N–H and O–H groups in total. The van der Waals surface area contributed by atoms with Gasteiger partial charge in [0.25, 0.3) is 0 Å². The van der Waals surface area contributed by atoms with Crippen molar-refractivity contribution in [2.24, 2.45) is 0 Å². The van der Waals surface area contributed by atoms with Gasteiger partial charge in [-0.25, -0.2) is 9.97 Å². The van der Waals surface area contributed by atoms with E-state index < -0.39 is 0 Å².